The Bertz CT molecular complexity index is 1030. The van der Waals surface area contributed by atoms with Gasteiger partial charge < -0.3 is 19.0 Å². The van der Waals surface area contributed by atoms with Crippen molar-refractivity contribution >= 4 is 16.7 Å². The molecule has 1 N–H and O–H groups in total. The minimum atomic E-state index is 0.305. The van der Waals surface area contributed by atoms with Crippen molar-refractivity contribution in [1.29, 1.82) is 0 Å². The molecular weight excluding hydrogens is 342 g/mol. The van der Waals surface area contributed by atoms with Crippen LogP contribution in [0.3, 0.4) is 0 Å². The molecule has 0 atom stereocenters. The number of rotatable bonds is 5. The number of furan rings is 1. The van der Waals surface area contributed by atoms with Crippen molar-refractivity contribution in [3.8, 4) is 5.75 Å². The molecule has 5 nitrogen and oxygen atoms in total. The van der Waals surface area contributed by atoms with Gasteiger partial charge in [-0.3, -0.25) is 4.98 Å². The van der Waals surface area contributed by atoms with Crippen LogP contribution in [0, 0.1) is 0 Å². The molecule has 0 amide bonds. The number of pyridine rings is 1. The first kappa shape index (κ1) is 17.2. The smallest absolute Gasteiger partial charge is 0.170 e. The van der Waals surface area contributed by atoms with Crippen molar-refractivity contribution < 1.29 is 19.0 Å². The average Bonchev–Trinajstić information content (AvgIpc) is 3.12. The maximum absolute atomic E-state index is 10.3. The first-order valence-corrected chi connectivity index (χ1v) is 8.96. The second-order valence-electron chi connectivity index (χ2n) is 6.54. The Morgan fingerprint density at radius 2 is 2.11 bits per heavy atom. The van der Waals surface area contributed by atoms with Crippen molar-refractivity contribution in [2.45, 2.75) is 26.9 Å². The van der Waals surface area contributed by atoms with E-state index in [9.17, 15) is 5.11 Å². The van der Waals surface area contributed by atoms with Crippen LogP contribution in [0.15, 0.2) is 70.1 Å². The van der Waals surface area contributed by atoms with E-state index in [1.54, 1.807) is 12.4 Å². The summed E-state index contributed by atoms with van der Waals surface area (Å²) in [5, 5.41) is 11.3. The number of fused-ring (bicyclic) bond motifs is 1. The molecule has 0 radical (unpaired) electrons. The minimum Gasteiger partial charge on any atom is -0.507 e. The van der Waals surface area contributed by atoms with Gasteiger partial charge in [-0.15, -0.1) is 0 Å². The van der Waals surface area contributed by atoms with Gasteiger partial charge in [0.1, 0.15) is 30.3 Å². The highest BCUT2D eigenvalue weighted by molar-refractivity contribution is 5.83. The molecule has 0 fully saturated rings. The Labute approximate surface area is 157 Å². The number of allylic oxidation sites excluding steroid dienone is 1. The van der Waals surface area contributed by atoms with E-state index in [4.69, 9.17) is 13.9 Å². The van der Waals surface area contributed by atoms with Crippen molar-refractivity contribution in [3.05, 3.63) is 77.0 Å². The van der Waals surface area contributed by atoms with Gasteiger partial charge in [0.05, 0.1) is 0 Å². The highest BCUT2D eigenvalue weighted by Crippen LogP contribution is 2.35. The van der Waals surface area contributed by atoms with Gasteiger partial charge in [-0.2, -0.15) is 0 Å². The minimum absolute atomic E-state index is 0.305. The van der Waals surface area contributed by atoms with Gasteiger partial charge in [-0.25, -0.2) is 0 Å². The molecule has 2 aromatic heterocycles. The average molecular weight is 363 g/mol. The summed E-state index contributed by atoms with van der Waals surface area (Å²) in [6, 6.07) is 11.5. The van der Waals surface area contributed by atoms with Crippen LogP contribution in [0.2, 0.25) is 0 Å². The molecule has 0 bridgehead atoms. The highest BCUT2D eigenvalue weighted by Gasteiger charge is 2.23. The zero-order chi connectivity index (χ0) is 18.8. The summed E-state index contributed by atoms with van der Waals surface area (Å²) in [6.07, 6.45) is 4.19. The number of aliphatic hydroxyl groups is 1. The number of hydrogen-bond acceptors (Lipinski definition) is 5. The lowest BCUT2D eigenvalue weighted by molar-refractivity contribution is 0.270. The summed E-state index contributed by atoms with van der Waals surface area (Å²) in [5.74, 6) is 2.28. The van der Waals surface area contributed by atoms with Crippen LogP contribution < -0.4 is 4.74 Å². The van der Waals surface area contributed by atoms with E-state index in [1.165, 1.54) is 0 Å². The Balaban J connectivity index is 1.62. The molecule has 0 saturated heterocycles. The number of ether oxygens (including phenoxy) is 2. The third-order valence-electron chi connectivity index (χ3n) is 4.59. The van der Waals surface area contributed by atoms with E-state index in [-0.39, 0.29) is 0 Å². The standard InChI is InChI=1S/C22H21NO4/c1-3-18-21(24)14(2)12-26-22(18)20-10-16-9-17(6-7-19(16)27-20)25-13-15-5-4-8-23-11-15/h4-11,24H,3,12-13H2,1-2H3. The van der Waals surface area contributed by atoms with Crippen LogP contribution in [0.1, 0.15) is 31.6 Å². The predicted octanol–water partition coefficient (Wildman–Crippen LogP) is 5.39. The summed E-state index contributed by atoms with van der Waals surface area (Å²) < 4.78 is 17.7. The van der Waals surface area contributed by atoms with Crippen molar-refractivity contribution in [3.63, 3.8) is 0 Å². The lowest BCUT2D eigenvalue weighted by Gasteiger charge is -2.20. The molecule has 3 aromatic rings. The first-order chi connectivity index (χ1) is 13.2. The van der Waals surface area contributed by atoms with Gasteiger partial charge in [-0.05, 0) is 43.7 Å². The Kier molecular flexibility index (Phi) is 4.59. The van der Waals surface area contributed by atoms with E-state index >= 15 is 0 Å². The molecule has 0 spiro atoms. The van der Waals surface area contributed by atoms with E-state index in [0.717, 1.165) is 33.4 Å². The normalized spacial score (nSPS) is 14.6. The largest absolute Gasteiger partial charge is 0.507 e. The summed E-state index contributed by atoms with van der Waals surface area (Å²) in [6.45, 7) is 4.67. The van der Waals surface area contributed by atoms with E-state index in [0.29, 0.717) is 36.9 Å². The Morgan fingerprint density at radius 3 is 2.89 bits per heavy atom. The monoisotopic (exact) mass is 363 g/mol. The van der Waals surface area contributed by atoms with Gasteiger partial charge in [-0.1, -0.05) is 13.0 Å². The van der Waals surface area contributed by atoms with Crippen LogP contribution in [-0.2, 0) is 11.3 Å². The molecule has 27 heavy (non-hydrogen) atoms. The number of aromatic nitrogens is 1. The van der Waals surface area contributed by atoms with Gasteiger partial charge in [0.2, 0.25) is 0 Å². The Hall–Kier alpha value is -3.21. The van der Waals surface area contributed by atoms with E-state index in [1.807, 2.05) is 50.2 Å². The lowest BCUT2D eigenvalue weighted by Crippen LogP contribution is -2.09. The molecule has 0 unspecified atom stereocenters. The highest BCUT2D eigenvalue weighted by atomic mass is 16.5. The van der Waals surface area contributed by atoms with Crippen LogP contribution in [0.4, 0.5) is 0 Å². The molecule has 4 rings (SSSR count). The van der Waals surface area contributed by atoms with Crippen LogP contribution in [0.5, 0.6) is 5.75 Å². The maximum Gasteiger partial charge on any atom is 0.170 e. The maximum atomic E-state index is 10.3. The topological polar surface area (TPSA) is 64.7 Å². The molecule has 5 heteroatoms. The van der Waals surface area contributed by atoms with Crippen molar-refractivity contribution in [2.24, 2.45) is 0 Å². The fraction of sp³-hybridized carbons (Fsp3) is 0.227. The first-order valence-electron chi connectivity index (χ1n) is 8.96. The summed E-state index contributed by atoms with van der Waals surface area (Å²) in [4.78, 5) is 4.09. The van der Waals surface area contributed by atoms with Crippen molar-refractivity contribution in [2.75, 3.05) is 6.61 Å². The quantitative estimate of drug-likeness (QED) is 0.658. The van der Waals surface area contributed by atoms with Gasteiger partial charge in [0.25, 0.3) is 0 Å². The molecule has 1 aliphatic rings. The SMILES string of the molecule is CCC1=C(c2cc3cc(OCc4cccnc4)ccc3o2)OCC(C)=C1O. The second-order valence-corrected chi connectivity index (χ2v) is 6.54. The zero-order valence-electron chi connectivity index (χ0n) is 15.4. The summed E-state index contributed by atoms with van der Waals surface area (Å²) >= 11 is 0. The molecule has 0 aliphatic carbocycles. The summed E-state index contributed by atoms with van der Waals surface area (Å²) in [5.41, 5.74) is 3.36. The summed E-state index contributed by atoms with van der Waals surface area (Å²) in [7, 11) is 0. The molecule has 1 aliphatic heterocycles. The second kappa shape index (κ2) is 7.19. The third-order valence-corrected chi connectivity index (χ3v) is 4.59. The van der Waals surface area contributed by atoms with Crippen LogP contribution in [-0.4, -0.2) is 16.7 Å². The van der Waals surface area contributed by atoms with Gasteiger partial charge in [0, 0.05) is 34.5 Å². The van der Waals surface area contributed by atoms with E-state index < -0.39 is 0 Å². The number of aliphatic hydroxyl groups excluding tert-OH is 1. The molecule has 0 saturated carbocycles. The number of hydrogen-bond donors (Lipinski definition) is 1. The fourth-order valence-electron chi connectivity index (χ4n) is 3.12. The fourth-order valence-corrected chi connectivity index (χ4v) is 3.12. The van der Waals surface area contributed by atoms with Crippen LogP contribution >= 0.6 is 0 Å². The van der Waals surface area contributed by atoms with Gasteiger partial charge in [0.15, 0.2) is 11.5 Å². The number of benzene rings is 1. The molecule has 138 valence electrons. The molecule has 3 heterocycles. The predicted molar refractivity (Wildman–Crippen MR) is 103 cm³/mol. The van der Waals surface area contributed by atoms with Gasteiger partial charge >= 0.3 is 0 Å². The van der Waals surface area contributed by atoms with E-state index in [2.05, 4.69) is 4.98 Å². The Morgan fingerprint density at radius 1 is 1.22 bits per heavy atom. The van der Waals surface area contributed by atoms with Crippen LogP contribution in [0.25, 0.3) is 16.7 Å². The third kappa shape index (κ3) is 3.40. The molecular formula is C22H21NO4. The molecule has 1 aromatic carbocycles. The number of nitrogens with zero attached hydrogens (tertiary/aromatic N) is 1. The lowest BCUT2D eigenvalue weighted by atomic mass is 10.0. The zero-order valence-corrected chi connectivity index (χ0v) is 15.4. The van der Waals surface area contributed by atoms with Crippen molar-refractivity contribution in [1.82, 2.24) is 4.98 Å².